The second-order valence-corrected chi connectivity index (χ2v) is 5.71. The number of aliphatic hydroxyl groups is 1. The van der Waals surface area contributed by atoms with E-state index in [1.165, 1.54) is 36.8 Å². The first-order valence-electron chi connectivity index (χ1n) is 6.92. The van der Waals surface area contributed by atoms with Gasteiger partial charge in [0.15, 0.2) is 0 Å². The predicted octanol–water partition coefficient (Wildman–Crippen LogP) is 3.90. The molecule has 1 heteroatoms. The van der Waals surface area contributed by atoms with Crippen molar-refractivity contribution in [3.63, 3.8) is 0 Å². The summed E-state index contributed by atoms with van der Waals surface area (Å²) in [5.41, 5.74) is 2.84. The maximum absolute atomic E-state index is 9.57. The highest BCUT2D eigenvalue weighted by atomic mass is 16.3. The molecule has 0 spiro atoms. The molecule has 1 aliphatic rings. The highest BCUT2D eigenvalue weighted by Gasteiger charge is 2.21. The Labute approximate surface area is 105 Å². The van der Waals surface area contributed by atoms with Crippen LogP contribution in [0.25, 0.3) is 0 Å². The van der Waals surface area contributed by atoms with Gasteiger partial charge in [-0.15, -0.1) is 0 Å². The van der Waals surface area contributed by atoms with Crippen LogP contribution in [0.2, 0.25) is 0 Å². The number of benzene rings is 1. The van der Waals surface area contributed by atoms with Crippen molar-refractivity contribution in [1.82, 2.24) is 0 Å². The van der Waals surface area contributed by atoms with Crippen molar-refractivity contribution in [3.05, 3.63) is 35.4 Å². The lowest BCUT2D eigenvalue weighted by atomic mass is 9.77. The summed E-state index contributed by atoms with van der Waals surface area (Å²) in [6.07, 6.45) is 5.90. The Morgan fingerprint density at radius 2 is 1.82 bits per heavy atom. The molecule has 1 N–H and O–H groups in total. The zero-order valence-electron chi connectivity index (χ0n) is 11.0. The van der Waals surface area contributed by atoms with Crippen molar-refractivity contribution in [2.75, 3.05) is 0 Å². The molecule has 0 amide bonds. The summed E-state index contributed by atoms with van der Waals surface area (Å²) < 4.78 is 0. The Morgan fingerprint density at radius 3 is 2.47 bits per heavy atom. The average molecular weight is 232 g/mol. The van der Waals surface area contributed by atoms with E-state index in [0.717, 1.165) is 18.3 Å². The zero-order valence-corrected chi connectivity index (χ0v) is 11.0. The van der Waals surface area contributed by atoms with Gasteiger partial charge in [-0.25, -0.2) is 0 Å². The first kappa shape index (κ1) is 12.6. The molecule has 0 saturated heterocycles. The van der Waals surface area contributed by atoms with Crippen LogP contribution < -0.4 is 0 Å². The first-order chi connectivity index (χ1) is 8.16. The van der Waals surface area contributed by atoms with Crippen LogP contribution in [0.3, 0.4) is 0 Å². The molecule has 1 unspecified atom stereocenters. The van der Waals surface area contributed by atoms with Crippen LogP contribution in [0.15, 0.2) is 24.3 Å². The molecule has 0 aliphatic heterocycles. The van der Waals surface area contributed by atoms with Crippen molar-refractivity contribution in [2.24, 2.45) is 5.92 Å². The third kappa shape index (κ3) is 3.32. The second-order valence-electron chi connectivity index (χ2n) is 5.71. The van der Waals surface area contributed by atoms with Crippen molar-refractivity contribution in [1.29, 1.82) is 0 Å². The lowest BCUT2D eigenvalue weighted by Crippen LogP contribution is -2.14. The van der Waals surface area contributed by atoms with Gasteiger partial charge in [-0.1, -0.05) is 44.0 Å². The van der Waals surface area contributed by atoms with E-state index in [1.54, 1.807) is 0 Å². The van der Waals surface area contributed by atoms with Crippen LogP contribution >= 0.6 is 0 Å². The van der Waals surface area contributed by atoms with Gasteiger partial charge < -0.3 is 5.11 Å². The summed E-state index contributed by atoms with van der Waals surface area (Å²) in [6, 6.07) is 8.67. The first-order valence-corrected chi connectivity index (χ1v) is 6.92. The summed E-state index contributed by atoms with van der Waals surface area (Å²) in [5.74, 6) is 1.62. The van der Waals surface area contributed by atoms with E-state index in [0.29, 0.717) is 0 Å². The van der Waals surface area contributed by atoms with Gasteiger partial charge in [0.05, 0.1) is 6.10 Å². The van der Waals surface area contributed by atoms with Crippen LogP contribution in [-0.4, -0.2) is 11.2 Å². The van der Waals surface area contributed by atoms with E-state index in [2.05, 4.69) is 31.2 Å². The van der Waals surface area contributed by atoms with E-state index in [4.69, 9.17) is 0 Å². The molecule has 1 saturated carbocycles. The molecule has 1 aromatic carbocycles. The van der Waals surface area contributed by atoms with Gasteiger partial charge in [-0.3, -0.25) is 0 Å². The van der Waals surface area contributed by atoms with E-state index >= 15 is 0 Å². The molecule has 0 aromatic heterocycles. The predicted molar refractivity (Wildman–Crippen MR) is 72.2 cm³/mol. The third-order valence-corrected chi connectivity index (χ3v) is 4.03. The maximum Gasteiger partial charge on any atom is 0.0552 e. The lowest BCUT2D eigenvalue weighted by molar-refractivity contribution is 0.195. The molecule has 1 fully saturated rings. The van der Waals surface area contributed by atoms with Crippen LogP contribution in [0.1, 0.15) is 56.6 Å². The minimum atomic E-state index is -0.237. The van der Waals surface area contributed by atoms with E-state index in [1.807, 2.05) is 6.92 Å². The highest BCUT2D eigenvalue weighted by molar-refractivity contribution is 5.31. The molecule has 0 radical (unpaired) electrons. The third-order valence-electron chi connectivity index (χ3n) is 4.03. The monoisotopic (exact) mass is 232 g/mol. The molecule has 94 valence electrons. The van der Waals surface area contributed by atoms with E-state index < -0.39 is 0 Å². The fourth-order valence-corrected chi connectivity index (χ4v) is 3.01. The molecule has 2 rings (SSSR count). The van der Waals surface area contributed by atoms with E-state index in [9.17, 15) is 5.11 Å². The Balaban J connectivity index is 2.14. The zero-order chi connectivity index (χ0) is 12.3. The Kier molecular flexibility index (Phi) is 4.22. The topological polar surface area (TPSA) is 20.2 Å². The van der Waals surface area contributed by atoms with Gasteiger partial charge in [0, 0.05) is 0 Å². The van der Waals surface area contributed by atoms with Crippen LogP contribution in [-0.2, 0) is 6.42 Å². The molecular weight excluding hydrogens is 208 g/mol. The summed E-state index contributed by atoms with van der Waals surface area (Å²) in [7, 11) is 0. The molecule has 1 atom stereocenters. The summed E-state index contributed by atoms with van der Waals surface area (Å²) in [5, 5.41) is 9.57. The van der Waals surface area contributed by atoms with Crippen molar-refractivity contribution in [3.8, 4) is 0 Å². The maximum atomic E-state index is 9.57. The smallest absolute Gasteiger partial charge is 0.0552 e. The minimum absolute atomic E-state index is 0.237. The van der Waals surface area contributed by atoms with Gasteiger partial charge in [0.1, 0.15) is 0 Å². The number of rotatable bonds is 3. The van der Waals surface area contributed by atoms with Gasteiger partial charge >= 0.3 is 0 Å². The summed E-state index contributed by atoms with van der Waals surface area (Å²) in [6.45, 7) is 4.23. The molecule has 17 heavy (non-hydrogen) atoms. The van der Waals surface area contributed by atoms with Crippen molar-refractivity contribution >= 4 is 0 Å². The second kappa shape index (κ2) is 5.68. The molecule has 1 aromatic rings. The lowest BCUT2D eigenvalue weighted by Gasteiger charge is -2.28. The Hall–Kier alpha value is -0.820. The van der Waals surface area contributed by atoms with Gasteiger partial charge in [0.2, 0.25) is 0 Å². The fourth-order valence-electron chi connectivity index (χ4n) is 3.01. The number of hydrogen-bond donors (Lipinski definition) is 1. The summed E-state index contributed by atoms with van der Waals surface area (Å²) >= 11 is 0. The minimum Gasteiger partial charge on any atom is -0.393 e. The van der Waals surface area contributed by atoms with Crippen molar-refractivity contribution < 1.29 is 5.11 Å². The molecular formula is C16H24O. The van der Waals surface area contributed by atoms with Crippen LogP contribution in [0.4, 0.5) is 0 Å². The Bertz CT molecular complexity index is 348. The van der Waals surface area contributed by atoms with E-state index in [-0.39, 0.29) is 6.10 Å². The largest absolute Gasteiger partial charge is 0.393 e. The Morgan fingerprint density at radius 1 is 1.18 bits per heavy atom. The quantitative estimate of drug-likeness (QED) is 0.838. The fraction of sp³-hybridized carbons (Fsp3) is 0.625. The van der Waals surface area contributed by atoms with Gasteiger partial charge in [0.25, 0.3) is 0 Å². The number of hydrogen-bond acceptors (Lipinski definition) is 1. The van der Waals surface area contributed by atoms with Crippen molar-refractivity contribution in [2.45, 2.75) is 58.0 Å². The standard InChI is InChI=1S/C16H24O/c1-12-7-9-14(10-8-12)16-6-4-3-5-15(16)11-13(2)17/h3-6,12-14,17H,7-11H2,1-2H3. The highest BCUT2D eigenvalue weighted by Crippen LogP contribution is 2.37. The van der Waals surface area contributed by atoms with Crippen LogP contribution in [0, 0.1) is 5.92 Å². The molecule has 0 heterocycles. The normalized spacial score (nSPS) is 26.8. The average Bonchev–Trinajstić information content (AvgIpc) is 2.30. The SMILES string of the molecule is CC(O)Cc1ccccc1C1CCC(C)CC1. The molecule has 1 nitrogen and oxygen atoms in total. The van der Waals surface area contributed by atoms with Crippen LogP contribution in [0.5, 0.6) is 0 Å². The number of aliphatic hydroxyl groups excluding tert-OH is 1. The molecule has 0 bridgehead atoms. The summed E-state index contributed by atoms with van der Waals surface area (Å²) in [4.78, 5) is 0. The van der Waals surface area contributed by atoms with Gasteiger partial charge in [-0.05, 0) is 49.1 Å². The molecule has 1 aliphatic carbocycles. The van der Waals surface area contributed by atoms with Gasteiger partial charge in [-0.2, -0.15) is 0 Å².